The Morgan fingerprint density at radius 3 is 2.42 bits per heavy atom. The summed E-state index contributed by atoms with van der Waals surface area (Å²) in [5.41, 5.74) is -0.503. The summed E-state index contributed by atoms with van der Waals surface area (Å²) in [5, 5.41) is 11.9. The molecule has 0 bridgehead atoms. The molecule has 2 unspecified atom stereocenters. The van der Waals surface area contributed by atoms with Crippen molar-refractivity contribution < 1.29 is 14.7 Å². The number of urea groups is 1. The third kappa shape index (κ3) is 4.40. The van der Waals surface area contributed by atoms with Crippen molar-refractivity contribution in [3.05, 3.63) is 0 Å². The molecule has 0 radical (unpaired) electrons. The first-order chi connectivity index (χ1) is 8.73. The van der Waals surface area contributed by atoms with E-state index < -0.39 is 17.4 Å². The minimum absolute atomic E-state index is 0.178. The Morgan fingerprint density at radius 2 is 1.89 bits per heavy atom. The molecule has 1 heterocycles. The van der Waals surface area contributed by atoms with Crippen molar-refractivity contribution in [1.82, 2.24) is 10.2 Å². The summed E-state index contributed by atoms with van der Waals surface area (Å²) in [6, 6.07) is -0.941. The number of carbonyl (C=O) groups is 2. The maximum atomic E-state index is 12.3. The number of nitrogens with zero attached hydrogens (tertiary/aromatic N) is 1. The number of amides is 2. The second-order valence-corrected chi connectivity index (χ2v) is 6.48. The van der Waals surface area contributed by atoms with Crippen LogP contribution in [0.15, 0.2) is 0 Å². The van der Waals surface area contributed by atoms with E-state index in [1.54, 1.807) is 4.90 Å². The molecule has 1 aliphatic heterocycles. The average Bonchev–Trinajstić information content (AvgIpc) is 2.48. The molecule has 0 spiro atoms. The van der Waals surface area contributed by atoms with E-state index >= 15 is 0 Å². The predicted molar refractivity (Wildman–Crippen MR) is 74.0 cm³/mol. The second-order valence-electron chi connectivity index (χ2n) is 6.48. The van der Waals surface area contributed by atoms with Gasteiger partial charge in [0.2, 0.25) is 0 Å². The molecule has 0 aromatic rings. The predicted octanol–water partition coefficient (Wildman–Crippen LogP) is 2.46. The smallest absolute Gasteiger partial charge is 0.326 e. The molecule has 1 fully saturated rings. The minimum atomic E-state index is -0.983. The third-order valence-corrected chi connectivity index (χ3v) is 3.69. The lowest BCUT2D eigenvalue weighted by atomic mass is 9.87. The Labute approximate surface area is 115 Å². The Morgan fingerprint density at radius 1 is 1.26 bits per heavy atom. The van der Waals surface area contributed by atoms with Crippen LogP contribution in [0.4, 0.5) is 4.79 Å². The van der Waals surface area contributed by atoms with Crippen LogP contribution in [0, 0.1) is 5.41 Å². The largest absolute Gasteiger partial charge is 0.480 e. The molecule has 1 rings (SSSR count). The molecule has 110 valence electrons. The lowest BCUT2D eigenvalue weighted by Crippen LogP contribution is -2.54. The molecule has 1 aliphatic rings. The van der Waals surface area contributed by atoms with Crippen molar-refractivity contribution in [2.45, 2.75) is 65.5 Å². The van der Waals surface area contributed by atoms with E-state index in [-0.39, 0.29) is 12.1 Å². The van der Waals surface area contributed by atoms with E-state index in [4.69, 9.17) is 0 Å². The fourth-order valence-electron chi connectivity index (χ4n) is 2.43. The van der Waals surface area contributed by atoms with Gasteiger partial charge in [0.1, 0.15) is 6.04 Å². The van der Waals surface area contributed by atoms with Gasteiger partial charge in [-0.2, -0.15) is 0 Å². The van der Waals surface area contributed by atoms with Crippen LogP contribution in [0.25, 0.3) is 0 Å². The molecule has 2 atom stereocenters. The molecule has 0 saturated carbocycles. The molecule has 2 N–H and O–H groups in total. The van der Waals surface area contributed by atoms with Gasteiger partial charge in [-0.25, -0.2) is 9.59 Å². The van der Waals surface area contributed by atoms with Crippen LogP contribution in [-0.4, -0.2) is 40.6 Å². The quantitative estimate of drug-likeness (QED) is 0.809. The lowest BCUT2D eigenvalue weighted by Gasteiger charge is -2.33. The number of hydrogen-bond acceptors (Lipinski definition) is 2. The van der Waals surface area contributed by atoms with Crippen molar-refractivity contribution in [2.75, 3.05) is 6.54 Å². The maximum absolute atomic E-state index is 12.3. The van der Waals surface area contributed by atoms with E-state index in [9.17, 15) is 14.7 Å². The van der Waals surface area contributed by atoms with Crippen molar-refractivity contribution in [3.63, 3.8) is 0 Å². The van der Waals surface area contributed by atoms with Crippen LogP contribution in [0.2, 0.25) is 0 Å². The SMILES string of the molecule is CC1CCCCCN1C(=O)NC(C(=O)O)C(C)(C)C. The summed E-state index contributed by atoms with van der Waals surface area (Å²) in [6.45, 7) is 8.19. The fourth-order valence-corrected chi connectivity index (χ4v) is 2.43. The van der Waals surface area contributed by atoms with Crippen LogP contribution in [-0.2, 0) is 4.79 Å². The summed E-state index contributed by atoms with van der Waals surface area (Å²) < 4.78 is 0. The molecule has 5 heteroatoms. The zero-order valence-corrected chi connectivity index (χ0v) is 12.4. The number of carboxylic acid groups (broad SMARTS) is 1. The highest BCUT2D eigenvalue weighted by molar-refractivity contribution is 5.83. The first-order valence-electron chi connectivity index (χ1n) is 7.03. The second kappa shape index (κ2) is 6.26. The topological polar surface area (TPSA) is 69.6 Å². The lowest BCUT2D eigenvalue weighted by molar-refractivity contribution is -0.142. The molecule has 19 heavy (non-hydrogen) atoms. The summed E-state index contributed by atoms with van der Waals surface area (Å²) in [4.78, 5) is 25.3. The number of carboxylic acids is 1. The number of hydrogen-bond donors (Lipinski definition) is 2. The van der Waals surface area contributed by atoms with Gasteiger partial charge in [0.15, 0.2) is 0 Å². The Kier molecular flexibility index (Phi) is 5.20. The van der Waals surface area contributed by atoms with Gasteiger partial charge in [0.25, 0.3) is 0 Å². The molecular formula is C14H26N2O3. The Hall–Kier alpha value is -1.26. The standard InChI is InChI=1S/C14H26N2O3/c1-10-8-6-5-7-9-16(10)13(19)15-11(12(17)18)14(2,3)4/h10-11H,5-9H2,1-4H3,(H,15,19)(H,17,18). The average molecular weight is 270 g/mol. The zero-order valence-electron chi connectivity index (χ0n) is 12.4. The summed E-state index contributed by atoms with van der Waals surface area (Å²) in [7, 11) is 0. The van der Waals surface area contributed by atoms with Gasteiger partial charge in [-0.3, -0.25) is 0 Å². The Bertz CT molecular complexity index is 336. The van der Waals surface area contributed by atoms with Gasteiger partial charge in [0, 0.05) is 12.6 Å². The third-order valence-electron chi connectivity index (χ3n) is 3.69. The molecule has 5 nitrogen and oxygen atoms in total. The zero-order chi connectivity index (χ0) is 14.6. The van der Waals surface area contributed by atoms with Crippen LogP contribution in [0.5, 0.6) is 0 Å². The van der Waals surface area contributed by atoms with Crippen LogP contribution in [0.3, 0.4) is 0 Å². The normalized spacial score (nSPS) is 22.5. The monoisotopic (exact) mass is 270 g/mol. The number of aliphatic carboxylic acids is 1. The molecule has 1 saturated heterocycles. The number of carbonyl (C=O) groups excluding carboxylic acids is 1. The maximum Gasteiger partial charge on any atom is 0.326 e. The number of nitrogens with one attached hydrogen (secondary N) is 1. The van der Waals surface area contributed by atoms with E-state index in [0.717, 1.165) is 25.7 Å². The van der Waals surface area contributed by atoms with Crippen LogP contribution < -0.4 is 5.32 Å². The van der Waals surface area contributed by atoms with E-state index in [1.165, 1.54) is 0 Å². The highest BCUT2D eigenvalue weighted by Gasteiger charge is 2.34. The minimum Gasteiger partial charge on any atom is -0.480 e. The van der Waals surface area contributed by atoms with E-state index in [1.807, 2.05) is 27.7 Å². The van der Waals surface area contributed by atoms with Crippen LogP contribution >= 0.6 is 0 Å². The van der Waals surface area contributed by atoms with Gasteiger partial charge in [-0.15, -0.1) is 0 Å². The number of rotatable bonds is 2. The van der Waals surface area contributed by atoms with Crippen molar-refractivity contribution in [1.29, 1.82) is 0 Å². The Balaban J connectivity index is 2.73. The number of likely N-dealkylation sites (tertiary alicyclic amines) is 1. The van der Waals surface area contributed by atoms with Crippen molar-refractivity contribution >= 4 is 12.0 Å². The molecular weight excluding hydrogens is 244 g/mol. The van der Waals surface area contributed by atoms with Gasteiger partial charge >= 0.3 is 12.0 Å². The van der Waals surface area contributed by atoms with Gasteiger partial charge in [-0.05, 0) is 25.2 Å². The fraction of sp³-hybridized carbons (Fsp3) is 0.857. The summed E-state index contributed by atoms with van der Waals surface area (Å²) in [5.74, 6) is -0.983. The highest BCUT2D eigenvalue weighted by atomic mass is 16.4. The van der Waals surface area contributed by atoms with E-state index in [2.05, 4.69) is 5.32 Å². The summed E-state index contributed by atoms with van der Waals surface area (Å²) in [6.07, 6.45) is 4.24. The molecule has 0 aromatic carbocycles. The van der Waals surface area contributed by atoms with Crippen LogP contribution in [0.1, 0.15) is 53.4 Å². The van der Waals surface area contributed by atoms with Crippen molar-refractivity contribution in [3.8, 4) is 0 Å². The summed E-state index contributed by atoms with van der Waals surface area (Å²) >= 11 is 0. The first kappa shape index (κ1) is 15.8. The van der Waals surface area contributed by atoms with E-state index in [0.29, 0.717) is 6.54 Å². The van der Waals surface area contributed by atoms with Gasteiger partial charge < -0.3 is 15.3 Å². The molecule has 0 aliphatic carbocycles. The molecule has 0 aromatic heterocycles. The molecule has 2 amide bonds. The highest BCUT2D eigenvalue weighted by Crippen LogP contribution is 2.21. The first-order valence-corrected chi connectivity index (χ1v) is 7.03. The van der Waals surface area contributed by atoms with Crippen molar-refractivity contribution in [2.24, 2.45) is 5.41 Å². The van der Waals surface area contributed by atoms with Gasteiger partial charge in [0.05, 0.1) is 0 Å². The van der Waals surface area contributed by atoms with Gasteiger partial charge in [-0.1, -0.05) is 33.6 Å².